The number of methoxy groups -OCH3 is 1. The Balaban J connectivity index is 1.72. The second-order valence-corrected chi connectivity index (χ2v) is 6.59. The van der Waals surface area contributed by atoms with Crippen molar-refractivity contribution in [3.05, 3.63) is 54.1 Å². The van der Waals surface area contributed by atoms with Crippen LogP contribution in [0.1, 0.15) is 30.1 Å². The van der Waals surface area contributed by atoms with Crippen molar-refractivity contribution in [2.45, 2.75) is 25.9 Å². The molecule has 1 aliphatic rings. The number of nitrogens with zero attached hydrogens (tertiary/aromatic N) is 1. The van der Waals surface area contributed by atoms with Crippen LogP contribution in [0.5, 0.6) is 11.5 Å². The maximum Gasteiger partial charge on any atom is 0.257 e. The first-order valence-electron chi connectivity index (χ1n) is 9.79. The van der Waals surface area contributed by atoms with Gasteiger partial charge in [0.25, 0.3) is 5.91 Å². The second-order valence-electron chi connectivity index (χ2n) is 6.59. The molecule has 1 amide bonds. The van der Waals surface area contributed by atoms with Gasteiger partial charge in [-0.15, -0.1) is 0 Å². The molecule has 2 N–H and O–H groups in total. The monoisotopic (exact) mass is 397 g/mol. The average molecular weight is 397 g/mol. The number of nitrogens with one attached hydrogen (secondary N) is 2. The Kier molecular flexibility index (Phi) is 7.47. The van der Waals surface area contributed by atoms with E-state index in [9.17, 15) is 4.79 Å². The van der Waals surface area contributed by atoms with E-state index in [1.54, 1.807) is 31.4 Å². The van der Waals surface area contributed by atoms with Crippen molar-refractivity contribution in [1.82, 2.24) is 5.32 Å². The molecule has 1 atom stereocenters. The Hall–Kier alpha value is -3.06. The molecule has 0 saturated carbocycles. The van der Waals surface area contributed by atoms with Gasteiger partial charge in [0.2, 0.25) is 5.96 Å². The number of amides is 1. The van der Waals surface area contributed by atoms with Crippen LogP contribution in [0, 0.1) is 0 Å². The van der Waals surface area contributed by atoms with E-state index in [-0.39, 0.29) is 12.0 Å². The summed E-state index contributed by atoms with van der Waals surface area (Å²) in [5.41, 5.74) is 1.29. The summed E-state index contributed by atoms with van der Waals surface area (Å²) >= 11 is 0. The van der Waals surface area contributed by atoms with Crippen LogP contribution in [0.25, 0.3) is 0 Å². The topological polar surface area (TPSA) is 81.2 Å². The van der Waals surface area contributed by atoms with Crippen LogP contribution in [0.3, 0.4) is 0 Å². The number of hydrogen-bond donors (Lipinski definition) is 2. The predicted molar refractivity (Wildman–Crippen MR) is 113 cm³/mol. The summed E-state index contributed by atoms with van der Waals surface area (Å²) in [5.74, 6) is 1.55. The van der Waals surface area contributed by atoms with Gasteiger partial charge in [0.1, 0.15) is 11.5 Å². The molecule has 0 aromatic heterocycles. The Morgan fingerprint density at radius 3 is 2.72 bits per heavy atom. The number of guanidine groups is 1. The van der Waals surface area contributed by atoms with Crippen LogP contribution in [0.2, 0.25) is 0 Å². The Bertz CT molecular complexity index is 830. The fourth-order valence-corrected chi connectivity index (χ4v) is 2.98. The van der Waals surface area contributed by atoms with Crippen LogP contribution < -0.4 is 20.1 Å². The number of anilines is 1. The van der Waals surface area contributed by atoms with Crippen molar-refractivity contribution in [3.8, 4) is 11.5 Å². The highest BCUT2D eigenvalue weighted by molar-refractivity contribution is 6.10. The predicted octanol–water partition coefficient (Wildman–Crippen LogP) is 3.47. The quantitative estimate of drug-likeness (QED) is 0.552. The van der Waals surface area contributed by atoms with Crippen molar-refractivity contribution in [2.24, 2.45) is 4.99 Å². The standard InChI is InChI=1S/C22H27N3O4/c1-3-28-18-11-9-16(10-12-18)21(26)25-22(23-15-20-8-5-13-29-20)24-17-6-4-7-19(14-17)27-2/h4,6-7,9-12,14,20H,3,5,8,13,15H2,1-2H3,(H2,23,24,25,26). The van der Waals surface area contributed by atoms with Gasteiger partial charge >= 0.3 is 0 Å². The van der Waals surface area contributed by atoms with Crippen LogP contribution in [-0.2, 0) is 4.74 Å². The first-order valence-corrected chi connectivity index (χ1v) is 9.79. The molecule has 2 aromatic rings. The van der Waals surface area contributed by atoms with Crippen LogP contribution in [-0.4, -0.2) is 44.8 Å². The lowest BCUT2D eigenvalue weighted by Crippen LogP contribution is -2.36. The van der Waals surface area contributed by atoms with E-state index >= 15 is 0 Å². The van der Waals surface area contributed by atoms with E-state index in [4.69, 9.17) is 14.2 Å². The minimum absolute atomic E-state index is 0.0829. The van der Waals surface area contributed by atoms with E-state index in [1.165, 1.54) is 0 Å². The minimum Gasteiger partial charge on any atom is -0.497 e. The van der Waals surface area contributed by atoms with Crippen LogP contribution in [0.15, 0.2) is 53.5 Å². The number of aliphatic imine (C=N–C) groups is 1. The van der Waals surface area contributed by atoms with E-state index in [1.807, 2.05) is 31.2 Å². The maximum absolute atomic E-state index is 12.7. The van der Waals surface area contributed by atoms with E-state index < -0.39 is 0 Å². The zero-order chi connectivity index (χ0) is 20.5. The molecular weight excluding hydrogens is 370 g/mol. The van der Waals surface area contributed by atoms with Crippen molar-refractivity contribution in [2.75, 3.05) is 32.2 Å². The number of ether oxygens (including phenoxy) is 3. The molecule has 7 heteroatoms. The highest BCUT2D eigenvalue weighted by Crippen LogP contribution is 2.17. The smallest absolute Gasteiger partial charge is 0.257 e. The number of hydrogen-bond acceptors (Lipinski definition) is 5. The molecule has 1 aliphatic heterocycles. The van der Waals surface area contributed by atoms with Gasteiger partial charge in [-0.25, -0.2) is 4.99 Å². The summed E-state index contributed by atoms with van der Waals surface area (Å²) < 4.78 is 16.3. The summed E-state index contributed by atoms with van der Waals surface area (Å²) in [6, 6.07) is 14.4. The highest BCUT2D eigenvalue weighted by Gasteiger charge is 2.16. The molecule has 0 bridgehead atoms. The third-order valence-corrected chi connectivity index (χ3v) is 4.47. The number of rotatable bonds is 7. The second kappa shape index (κ2) is 10.5. The molecule has 0 radical (unpaired) electrons. The van der Waals surface area contributed by atoms with E-state index in [0.717, 1.165) is 30.9 Å². The summed E-state index contributed by atoms with van der Waals surface area (Å²) in [5, 5.41) is 6.03. The molecule has 154 valence electrons. The van der Waals surface area contributed by atoms with Gasteiger partial charge in [-0.2, -0.15) is 0 Å². The molecule has 1 saturated heterocycles. The summed E-state index contributed by atoms with van der Waals surface area (Å²) in [4.78, 5) is 17.3. The molecule has 7 nitrogen and oxygen atoms in total. The normalized spacial score (nSPS) is 16.3. The van der Waals surface area contributed by atoms with Crippen molar-refractivity contribution >= 4 is 17.6 Å². The molecule has 0 spiro atoms. The minimum atomic E-state index is -0.255. The lowest BCUT2D eigenvalue weighted by molar-refractivity contribution is 0.0975. The Labute approximate surface area is 171 Å². The fourth-order valence-electron chi connectivity index (χ4n) is 2.98. The lowest BCUT2D eigenvalue weighted by atomic mass is 10.2. The Morgan fingerprint density at radius 2 is 2.03 bits per heavy atom. The van der Waals surface area contributed by atoms with Gasteiger partial charge in [0.05, 0.1) is 26.4 Å². The van der Waals surface area contributed by atoms with Gasteiger partial charge in [0.15, 0.2) is 0 Å². The molecule has 1 heterocycles. The average Bonchev–Trinajstić information content (AvgIpc) is 3.26. The van der Waals surface area contributed by atoms with Gasteiger partial charge in [-0.3, -0.25) is 10.1 Å². The molecule has 29 heavy (non-hydrogen) atoms. The Morgan fingerprint density at radius 1 is 1.21 bits per heavy atom. The zero-order valence-electron chi connectivity index (χ0n) is 16.8. The van der Waals surface area contributed by atoms with Crippen molar-refractivity contribution in [1.29, 1.82) is 0 Å². The number of carbonyl (C=O) groups excluding carboxylic acids is 1. The van der Waals surface area contributed by atoms with Crippen molar-refractivity contribution < 1.29 is 19.0 Å². The third-order valence-electron chi connectivity index (χ3n) is 4.47. The summed E-state index contributed by atoms with van der Waals surface area (Å²) in [7, 11) is 1.61. The third kappa shape index (κ3) is 6.22. The van der Waals surface area contributed by atoms with Gasteiger partial charge in [0, 0.05) is 23.9 Å². The fraction of sp³-hybridized carbons (Fsp3) is 0.364. The molecule has 3 rings (SSSR count). The van der Waals surface area contributed by atoms with Crippen LogP contribution in [0.4, 0.5) is 5.69 Å². The highest BCUT2D eigenvalue weighted by atomic mass is 16.5. The number of benzene rings is 2. The van der Waals surface area contributed by atoms with E-state index in [2.05, 4.69) is 15.6 Å². The van der Waals surface area contributed by atoms with E-state index in [0.29, 0.717) is 30.4 Å². The SMILES string of the molecule is CCOc1ccc(C(=O)NC(=NCC2CCCO2)Nc2cccc(OC)c2)cc1. The van der Waals surface area contributed by atoms with Gasteiger partial charge < -0.3 is 19.5 Å². The largest absolute Gasteiger partial charge is 0.497 e. The molecule has 1 unspecified atom stereocenters. The van der Waals surface area contributed by atoms with Crippen molar-refractivity contribution in [3.63, 3.8) is 0 Å². The van der Waals surface area contributed by atoms with Gasteiger partial charge in [-0.1, -0.05) is 6.07 Å². The first kappa shape index (κ1) is 20.7. The zero-order valence-corrected chi connectivity index (χ0v) is 16.8. The molecule has 0 aliphatic carbocycles. The number of carbonyl (C=O) groups is 1. The van der Waals surface area contributed by atoms with Gasteiger partial charge in [-0.05, 0) is 56.2 Å². The summed E-state index contributed by atoms with van der Waals surface area (Å²) in [6.45, 7) is 3.74. The van der Waals surface area contributed by atoms with Crippen LogP contribution >= 0.6 is 0 Å². The molecule has 2 aromatic carbocycles. The maximum atomic E-state index is 12.7. The molecule has 1 fully saturated rings. The lowest BCUT2D eigenvalue weighted by Gasteiger charge is -2.14. The molecular formula is C22H27N3O4. The first-order chi connectivity index (χ1) is 14.2. The summed E-state index contributed by atoms with van der Waals surface area (Å²) in [6.07, 6.45) is 2.10.